The van der Waals surface area contributed by atoms with Gasteiger partial charge in [-0.25, -0.2) is 9.37 Å². The number of nitrogens with zero attached hydrogens (tertiary/aromatic N) is 2. The van der Waals surface area contributed by atoms with Crippen molar-refractivity contribution >= 4 is 11.6 Å². The molecular formula is C15H12FN3O2. The van der Waals surface area contributed by atoms with Crippen molar-refractivity contribution in [1.82, 2.24) is 9.97 Å². The molecule has 0 aliphatic rings. The van der Waals surface area contributed by atoms with Gasteiger partial charge in [-0.2, -0.15) is 0 Å². The molecule has 1 amide bonds. The van der Waals surface area contributed by atoms with Crippen molar-refractivity contribution < 1.29 is 14.3 Å². The van der Waals surface area contributed by atoms with E-state index in [0.29, 0.717) is 12.0 Å². The highest BCUT2D eigenvalue weighted by Gasteiger charge is 2.10. The molecule has 21 heavy (non-hydrogen) atoms. The predicted octanol–water partition coefficient (Wildman–Crippen LogP) is 1.60. The van der Waals surface area contributed by atoms with E-state index < -0.39 is 11.7 Å². The van der Waals surface area contributed by atoms with Crippen molar-refractivity contribution in [1.29, 1.82) is 0 Å². The molecule has 0 aliphatic carbocycles. The molecule has 0 fully saturated rings. The first-order chi connectivity index (χ1) is 10.2. The summed E-state index contributed by atoms with van der Waals surface area (Å²) in [7, 11) is 0. The van der Waals surface area contributed by atoms with Crippen LogP contribution >= 0.6 is 0 Å². The molecule has 0 spiro atoms. The van der Waals surface area contributed by atoms with Gasteiger partial charge in [0.15, 0.2) is 0 Å². The van der Waals surface area contributed by atoms with E-state index >= 15 is 0 Å². The van der Waals surface area contributed by atoms with Crippen molar-refractivity contribution in [2.24, 2.45) is 0 Å². The fourth-order valence-electron chi connectivity index (χ4n) is 1.52. The molecule has 2 aromatic rings. The third-order valence-electron chi connectivity index (χ3n) is 2.48. The summed E-state index contributed by atoms with van der Waals surface area (Å²) < 4.78 is 13.9. The summed E-state index contributed by atoms with van der Waals surface area (Å²) in [6.45, 7) is -0.0399. The second kappa shape index (κ2) is 7.12. The minimum Gasteiger partial charge on any atom is -0.395 e. The number of amides is 1. The van der Waals surface area contributed by atoms with Crippen LogP contribution in [0, 0.1) is 17.7 Å². The topological polar surface area (TPSA) is 75.1 Å². The van der Waals surface area contributed by atoms with Crippen molar-refractivity contribution in [3.05, 3.63) is 53.9 Å². The molecule has 0 radical (unpaired) electrons. The first-order valence-corrected chi connectivity index (χ1v) is 6.17. The molecule has 0 bridgehead atoms. The molecule has 0 atom stereocenters. The third-order valence-corrected chi connectivity index (χ3v) is 2.48. The number of carbonyl (C=O) groups is 1. The lowest BCUT2D eigenvalue weighted by molar-refractivity contribution is 0.102. The van der Waals surface area contributed by atoms with Gasteiger partial charge in [0.25, 0.3) is 5.91 Å². The number of nitrogens with one attached hydrogen (secondary N) is 1. The quantitative estimate of drug-likeness (QED) is 0.840. The van der Waals surface area contributed by atoms with Crippen LogP contribution in [0.5, 0.6) is 0 Å². The first-order valence-electron chi connectivity index (χ1n) is 6.17. The Morgan fingerprint density at radius 3 is 2.90 bits per heavy atom. The van der Waals surface area contributed by atoms with E-state index in [-0.39, 0.29) is 18.0 Å². The Balaban J connectivity index is 2.12. The van der Waals surface area contributed by atoms with Gasteiger partial charge in [-0.05, 0) is 18.2 Å². The van der Waals surface area contributed by atoms with Gasteiger partial charge in [0.1, 0.15) is 11.5 Å². The van der Waals surface area contributed by atoms with Crippen LogP contribution in [0.3, 0.4) is 0 Å². The average molecular weight is 285 g/mol. The number of hydrogen-bond acceptors (Lipinski definition) is 4. The molecule has 0 unspecified atom stereocenters. The smallest absolute Gasteiger partial charge is 0.275 e. The summed E-state index contributed by atoms with van der Waals surface area (Å²) in [5.74, 6) is 4.27. The minimum atomic E-state index is -0.594. The number of aromatic nitrogens is 2. The molecule has 5 nitrogen and oxygen atoms in total. The number of aliphatic hydroxyl groups is 1. The van der Waals surface area contributed by atoms with E-state index in [0.717, 1.165) is 0 Å². The SMILES string of the molecule is O=C(Nc1ccc(C#CCCO)cc1F)c1cnccn1. The van der Waals surface area contributed by atoms with E-state index in [1.54, 1.807) is 6.07 Å². The standard InChI is InChI=1S/C15H12FN3O2/c16-12-9-11(3-1-2-8-20)4-5-13(12)19-15(21)14-10-17-6-7-18-14/h4-7,9-10,20H,2,8H2,(H,19,21). The number of carbonyl (C=O) groups excluding carboxylic acids is 1. The Hall–Kier alpha value is -2.78. The van der Waals surface area contributed by atoms with Crippen LogP contribution in [-0.4, -0.2) is 27.6 Å². The molecule has 6 heteroatoms. The van der Waals surface area contributed by atoms with Crippen LogP contribution < -0.4 is 5.32 Å². The molecular weight excluding hydrogens is 273 g/mol. The summed E-state index contributed by atoms with van der Waals surface area (Å²) in [5, 5.41) is 11.0. The second-order valence-electron chi connectivity index (χ2n) is 4.01. The Morgan fingerprint density at radius 2 is 2.24 bits per heavy atom. The number of hydrogen-bond donors (Lipinski definition) is 2. The highest BCUT2D eigenvalue weighted by Crippen LogP contribution is 2.16. The van der Waals surface area contributed by atoms with Crippen molar-refractivity contribution in [3.8, 4) is 11.8 Å². The maximum absolute atomic E-state index is 13.9. The monoisotopic (exact) mass is 285 g/mol. The Morgan fingerprint density at radius 1 is 1.38 bits per heavy atom. The van der Waals surface area contributed by atoms with Crippen LogP contribution in [0.15, 0.2) is 36.8 Å². The normalized spacial score (nSPS) is 9.62. The van der Waals surface area contributed by atoms with E-state index in [2.05, 4.69) is 27.1 Å². The van der Waals surface area contributed by atoms with Gasteiger partial charge < -0.3 is 10.4 Å². The molecule has 0 saturated carbocycles. The van der Waals surface area contributed by atoms with E-state index in [1.165, 1.54) is 30.7 Å². The van der Waals surface area contributed by atoms with Crippen molar-refractivity contribution in [2.75, 3.05) is 11.9 Å². The van der Waals surface area contributed by atoms with Crippen LogP contribution in [0.25, 0.3) is 0 Å². The lowest BCUT2D eigenvalue weighted by Crippen LogP contribution is -2.14. The van der Waals surface area contributed by atoms with E-state index in [4.69, 9.17) is 5.11 Å². The van der Waals surface area contributed by atoms with Crippen LogP contribution in [0.4, 0.5) is 10.1 Å². The van der Waals surface area contributed by atoms with Gasteiger partial charge in [-0.15, -0.1) is 0 Å². The van der Waals surface area contributed by atoms with Gasteiger partial charge in [-0.1, -0.05) is 11.8 Å². The summed E-state index contributed by atoms with van der Waals surface area (Å²) in [6.07, 6.45) is 4.44. The van der Waals surface area contributed by atoms with Crippen LogP contribution in [0.2, 0.25) is 0 Å². The molecule has 2 N–H and O–H groups in total. The molecule has 0 saturated heterocycles. The average Bonchev–Trinajstić information content (AvgIpc) is 2.51. The van der Waals surface area contributed by atoms with Gasteiger partial charge >= 0.3 is 0 Å². The molecule has 1 aromatic carbocycles. The van der Waals surface area contributed by atoms with Crippen LogP contribution in [0.1, 0.15) is 22.5 Å². The predicted molar refractivity (Wildman–Crippen MR) is 75.0 cm³/mol. The zero-order chi connectivity index (χ0) is 15.1. The van der Waals surface area contributed by atoms with Crippen molar-refractivity contribution in [2.45, 2.75) is 6.42 Å². The van der Waals surface area contributed by atoms with Gasteiger partial charge in [0.2, 0.25) is 0 Å². The third kappa shape index (κ3) is 4.09. The molecule has 2 rings (SSSR count). The first kappa shape index (κ1) is 14.6. The fourth-order valence-corrected chi connectivity index (χ4v) is 1.52. The van der Waals surface area contributed by atoms with Gasteiger partial charge in [0.05, 0.1) is 18.5 Å². The number of anilines is 1. The largest absolute Gasteiger partial charge is 0.395 e. The van der Waals surface area contributed by atoms with E-state index in [9.17, 15) is 9.18 Å². The molecule has 0 aliphatic heterocycles. The maximum atomic E-state index is 13.9. The molecule has 1 aromatic heterocycles. The second-order valence-corrected chi connectivity index (χ2v) is 4.01. The number of rotatable bonds is 3. The Labute approximate surface area is 120 Å². The number of benzene rings is 1. The fraction of sp³-hybridized carbons (Fsp3) is 0.133. The summed E-state index contributed by atoms with van der Waals surface area (Å²) in [4.78, 5) is 19.4. The van der Waals surface area contributed by atoms with Gasteiger partial charge in [-0.3, -0.25) is 9.78 Å². The zero-order valence-corrected chi connectivity index (χ0v) is 11.0. The Kier molecular flexibility index (Phi) is 4.96. The molecule has 106 valence electrons. The Bertz CT molecular complexity index is 693. The number of aliphatic hydroxyl groups excluding tert-OH is 1. The van der Waals surface area contributed by atoms with Gasteiger partial charge in [0, 0.05) is 24.4 Å². The maximum Gasteiger partial charge on any atom is 0.275 e. The highest BCUT2D eigenvalue weighted by molar-refractivity contribution is 6.02. The van der Waals surface area contributed by atoms with Crippen LogP contribution in [-0.2, 0) is 0 Å². The summed E-state index contributed by atoms with van der Waals surface area (Å²) in [6, 6.07) is 4.23. The molecule has 1 heterocycles. The van der Waals surface area contributed by atoms with Crippen molar-refractivity contribution in [3.63, 3.8) is 0 Å². The zero-order valence-electron chi connectivity index (χ0n) is 11.0. The lowest BCUT2D eigenvalue weighted by Gasteiger charge is -2.05. The summed E-state index contributed by atoms with van der Waals surface area (Å²) >= 11 is 0. The summed E-state index contributed by atoms with van der Waals surface area (Å²) in [5.41, 5.74) is 0.612. The van der Waals surface area contributed by atoms with E-state index in [1.807, 2.05) is 0 Å². The number of halogens is 1. The minimum absolute atomic E-state index is 0.0399. The lowest BCUT2D eigenvalue weighted by atomic mass is 10.2. The highest BCUT2D eigenvalue weighted by atomic mass is 19.1.